The molecular formula is C16H20BrN3O. The molecule has 1 aromatic rings. The average molecular weight is 350 g/mol. The fraction of sp³-hybridized carbons (Fsp3) is 0.500. The molecule has 1 fully saturated rings. The zero-order valence-electron chi connectivity index (χ0n) is 12.7. The average Bonchev–Trinajstić information content (AvgIpc) is 2.49. The fourth-order valence-corrected chi connectivity index (χ4v) is 2.91. The van der Waals surface area contributed by atoms with E-state index in [1.807, 2.05) is 43.9 Å². The molecule has 1 heterocycles. The van der Waals surface area contributed by atoms with Crippen LogP contribution in [0.2, 0.25) is 0 Å². The number of nitrogens with zero attached hydrogens (tertiary/aromatic N) is 3. The van der Waals surface area contributed by atoms with Gasteiger partial charge in [0.2, 0.25) is 0 Å². The third-order valence-corrected chi connectivity index (χ3v) is 4.99. The van der Waals surface area contributed by atoms with E-state index in [2.05, 4.69) is 26.9 Å². The molecule has 0 spiro atoms. The number of nitriles is 1. The molecule has 2 rings (SSSR count). The van der Waals surface area contributed by atoms with Gasteiger partial charge in [0.25, 0.3) is 5.91 Å². The summed E-state index contributed by atoms with van der Waals surface area (Å²) in [5.74, 6) is 0.0724. The summed E-state index contributed by atoms with van der Waals surface area (Å²) in [4.78, 5) is 16.6. The van der Waals surface area contributed by atoms with Crippen LogP contribution >= 0.6 is 15.9 Å². The van der Waals surface area contributed by atoms with Crippen LogP contribution in [0.5, 0.6) is 0 Å². The Kier molecular flexibility index (Phi) is 4.70. The van der Waals surface area contributed by atoms with Gasteiger partial charge < -0.3 is 4.90 Å². The van der Waals surface area contributed by atoms with E-state index in [1.165, 1.54) is 0 Å². The first-order valence-electron chi connectivity index (χ1n) is 7.07. The smallest absolute Gasteiger partial charge is 0.254 e. The van der Waals surface area contributed by atoms with Gasteiger partial charge in [-0.1, -0.05) is 22.0 Å². The number of carbonyl (C=O) groups excluding carboxylic acids is 1. The predicted octanol–water partition coefficient (Wildman–Crippen LogP) is 2.82. The second-order valence-corrected chi connectivity index (χ2v) is 6.72. The summed E-state index contributed by atoms with van der Waals surface area (Å²) in [6.45, 7) is 8.59. The Morgan fingerprint density at radius 3 is 2.48 bits per heavy atom. The fourth-order valence-electron chi connectivity index (χ4n) is 2.55. The Morgan fingerprint density at radius 1 is 1.29 bits per heavy atom. The van der Waals surface area contributed by atoms with Crippen molar-refractivity contribution in [3.8, 4) is 6.07 Å². The molecule has 0 N–H and O–H groups in total. The molecule has 0 aliphatic carbocycles. The molecule has 0 radical (unpaired) electrons. The van der Waals surface area contributed by atoms with Gasteiger partial charge >= 0.3 is 0 Å². The molecule has 1 saturated heterocycles. The number of halogens is 1. The van der Waals surface area contributed by atoms with E-state index in [-0.39, 0.29) is 5.91 Å². The summed E-state index contributed by atoms with van der Waals surface area (Å²) >= 11 is 3.47. The van der Waals surface area contributed by atoms with E-state index < -0.39 is 5.54 Å². The highest BCUT2D eigenvalue weighted by atomic mass is 79.9. The lowest BCUT2D eigenvalue weighted by Gasteiger charge is -2.40. The van der Waals surface area contributed by atoms with Crippen LogP contribution in [0.15, 0.2) is 22.7 Å². The molecule has 0 unspecified atom stereocenters. The standard InChI is InChI=1S/C16H20BrN3O/c1-12-13(5-4-6-14(12)17)15(21)19-7-9-20(10-8-19)16(2,3)11-18/h4-6H,7-10H2,1-3H3. The van der Waals surface area contributed by atoms with E-state index in [0.29, 0.717) is 13.1 Å². The summed E-state index contributed by atoms with van der Waals surface area (Å²) < 4.78 is 0.956. The first kappa shape index (κ1) is 16.0. The van der Waals surface area contributed by atoms with Crippen LogP contribution < -0.4 is 0 Å². The lowest BCUT2D eigenvalue weighted by molar-refractivity contribution is 0.0520. The summed E-state index contributed by atoms with van der Waals surface area (Å²) in [6.07, 6.45) is 0. The van der Waals surface area contributed by atoms with Gasteiger partial charge in [-0.25, -0.2) is 0 Å². The Hall–Kier alpha value is -1.38. The Morgan fingerprint density at radius 2 is 1.90 bits per heavy atom. The number of piperazine rings is 1. The molecule has 0 atom stereocenters. The second kappa shape index (κ2) is 6.17. The van der Waals surface area contributed by atoms with Crippen LogP contribution in [-0.2, 0) is 0 Å². The number of rotatable bonds is 2. The molecule has 0 saturated carbocycles. The summed E-state index contributed by atoms with van der Waals surface area (Å²) in [5.41, 5.74) is 1.25. The van der Waals surface area contributed by atoms with E-state index in [0.717, 1.165) is 28.7 Å². The Balaban J connectivity index is 2.08. The van der Waals surface area contributed by atoms with Gasteiger partial charge in [0, 0.05) is 36.2 Å². The molecule has 4 nitrogen and oxygen atoms in total. The lowest BCUT2D eigenvalue weighted by atomic mass is 10.0. The third-order valence-electron chi connectivity index (χ3n) is 4.13. The minimum Gasteiger partial charge on any atom is -0.336 e. The second-order valence-electron chi connectivity index (χ2n) is 5.86. The maximum absolute atomic E-state index is 12.6. The Bertz CT molecular complexity index is 584. The van der Waals surface area contributed by atoms with E-state index in [9.17, 15) is 10.1 Å². The van der Waals surface area contributed by atoms with Crippen LogP contribution in [0.4, 0.5) is 0 Å². The number of benzene rings is 1. The van der Waals surface area contributed by atoms with Crippen molar-refractivity contribution in [3.05, 3.63) is 33.8 Å². The van der Waals surface area contributed by atoms with Crippen LogP contribution in [0.3, 0.4) is 0 Å². The van der Waals surface area contributed by atoms with E-state index in [4.69, 9.17) is 0 Å². The van der Waals surface area contributed by atoms with Crippen LogP contribution in [0.25, 0.3) is 0 Å². The lowest BCUT2D eigenvalue weighted by Crippen LogP contribution is -2.55. The minimum atomic E-state index is -0.471. The SMILES string of the molecule is Cc1c(Br)cccc1C(=O)N1CCN(C(C)(C)C#N)CC1. The molecule has 0 aromatic heterocycles. The molecule has 112 valence electrons. The number of hydrogen-bond donors (Lipinski definition) is 0. The van der Waals surface area contributed by atoms with Crippen molar-refractivity contribution in [2.45, 2.75) is 26.3 Å². The van der Waals surface area contributed by atoms with Crippen molar-refractivity contribution in [1.29, 1.82) is 5.26 Å². The van der Waals surface area contributed by atoms with Crippen LogP contribution in [0, 0.1) is 18.3 Å². The number of carbonyl (C=O) groups is 1. The monoisotopic (exact) mass is 349 g/mol. The first-order chi connectivity index (χ1) is 9.86. The quantitative estimate of drug-likeness (QED) is 0.824. The van der Waals surface area contributed by atoms with Crippen molar-refractivity contribution >= 4 is 21.8 Å². The van der Waals surface area contributed by atoms with E-state index in [1.54, 1.807) is 0 Å². The highest BCUT2D eigenvalue weighted by Crippen LogP contribution is 2.22. The summed E-state index contributed by atoms with van der Waals surface area (Å²) in [5, 5.41) is 9.19. The van der Waals surface area contributed by atoms with Gasteiger partial charge in [0.15, 0.2) is 0 Å². The third kappa shape index (κ3) is 3.28. The highest BCUT2D eigenvalue weighted by molar-refractivity contribution is 9.10. The molecule has 5 heteroatoms. The highest BCUT2D eigenvalue weighted by Gasteiger charge is 2.31. The van der Waals surface area contributed by atoms with Gasteiger partial charge in [-0.05, 0) is 38.5 Å². The van der Waals surface area contributed by atoms with Gasteiger partial charge in [-0.15, -0.1) is 0 Å². The van der Waals surface area contributed by atoms with Crippen molar-refractivity contribution in [1.82, 2.24) is 9.80 Å². The van der Waals surface area contributed by atoms with Crippen molar-refractivity contribution < 1.29 is 4.79 Å². The zero-order chi connectivity index (χ0) is 15.6. The van der Waals surface area contributed by atoms with Crippen molar-refractivity contribution in [2.24, 2.45) is 0 Å². The molecule has 1 aliphatic rings. The molecular weight excluding hydrogens is 330 g/mol. The summed E-state index contributed by atoms with van der Waals surface area (Å²) in [6, 6.07) is 8.02. The number of hydrogen-bond acceptors (Lipinski definition) is 3. The largest absolute Gasteiger partial charge is 0.336 e. The maximum Gasteiger partial charge on any atom is 0.254 e. The zero-order valence-corrected chi connectivity index (χ0v) is 14.3. The predicted molar refractivity (Wildman–Crippen MR) is 86.0 cm³/mol. The van der Waals surface area contributed by atoms with Gasteiger partial charge in [-0.2, -0.15) is 5.26 Å². The Labute approximate surface area is 134 Å². The van der Waals surface area contributed by atoms with Gasteiger partial charge in [0.05, 0.1) is 6.07 Å². The maximum atomic E-state index is 12.6. The van der Waals surface area contributed by atoms with Crippen molar-refractivity contribution in [3.63, 3.8) is 0 Å². The normalized spacial score (nSPS) is 16.6. The minimum absolute atomic E-state index is 0.0724. The summed E-state index contributed by atoms with van der Waals surface area (Å²) in [7, 11) is 0. The molecule has 0 bridgehead atoms. The van der Waals surface area contributed by atoms with Gasteiger partial charge in [-0.3, -0.25) is 9.69 Å². The molecule has 1 aromatic carbocycles. The first-order valence-corrected chi connectivity index (χ1v) is 7.87. The van der Waals surface area contributed by atoms with Crippen molar-refractivity contribution in [2.75, 3.05) is 26.2 Å². The molecule has 21 heavy (non-hydrogen) atoms. The molecule has 1 aliphatic heterocycles. The topological polar surface area (TPSA) is 47.3 Å². The van der Waals surface area contributed by atoms with Crippen LogP contribution in [0.1, 0.15) is 29.8 Å². The van der Waals surface area contributed by atoms with Crippen LogP contribution in [-0.4, -0.2) is 47.4 Å². The van der Waals surface area contributed by atoms with E-state index >= 15 is 0 Å². The molecule has 1 amide bonds. The van der Waals surface area contributed by atoms with Gasteiger partial charge in [0.1, 0.15) is 5.54 Å². The number of amides is 1.